The highest BCUT2D eigenvalue weighted by atomic mass is 35.5. The van der Waals surface area contributed by atoms with Crippen molar-refractivity contribution in [1.29, 1.82) is 0 Å². The zero-order chi connectivity index (χ0) is 14.5. The van der Waals surface area contributed by atoms with E-state index in [1.807, 2.05) is 0 Å². The molecule has 2 rings (SSSR count). The lowest BCUT2D eigenvalue weighted by atomic mass is 9.93. The summed E-state index contributed by atoms with van der Waals surface area (Å²) in [5.74, 6) is -0.275. The first-order valence-corrected chi connectivity index (χ1v) is 7.44. The minimum atomic E-state index is -0.464. The second-order valence-corrected chi connectivity index (χ2v) is 5.13. The number of halogens is 1. The van der Waals surface area contributed by atoms with E-state index >= 15 is 0 Å². The molecular weight excluding hydrogens is 282 g/mol. The number of hydrogen-bond donors (Lipinski definition) is 0. The molecule has 0 spiro atoms. The molecule has 0 N–H and O–H groups in total. The predicted octanol–water partition coefficient (Wildman–Crippen LogP) is 2.32. The zero-order valence-electron chi connectivity index (χ0n) is 11.8. The SMILES string of the molecule is CCOC(=O)c1nnn(C2CCCC(OC)C2)c1CCl. The van der Waals surface area contributed by atoms with Gasteiger partial charge in [-0.05, 0) is 32.6 Å². The summed E-state index contributed by atoms with van der Waals surface area (Å²) in [4.78, 5) is 11.8. The van der Waals surface area contributed by atoms with Gasteiger partial charge in [-0.15, -0.1) is 16.7 Å². The Morgan fingerprint density at radius 3 is 2.95 bits per heavy atom. The van der Waals surface area contributed by atoms with E-state index in [9.17, 15) is 4.79 Å². The first-order valence-electron chi connectivity index (χ1n) is 6.91. The average Bonchev–Trinajstić information content (AvgIpc) is 2.91. The van der Waals surface area contributed by atoms with Crippen molar-refractivity contribution >= 4 is 17.6 Å². The number of carbonyl (C=O) groups excluding carboxylic acids is 1. The van der Waals surface area contributed by atoms with E-state index in [-0.39, 0.29) is 23.7 Å². The summed E-state index contributed by atoms with van der Waals surface area (Å²) < 4.78 is 12.2. The fourth-order valence-electron chi connectivity index (χ4n) is 2.65. The maximum absolute atomic E-state index is 11.8. The van der Waals surface area contributed by atoms with E-state index < -0.39 is 5.97 Å². The Morgan fingerprint density at radius 1 is 1.50 bits per heavy atom. The maximum Gasteiger partial charge on any atom is 0.360 e. The Hall–Kier alpha value is -1.14. The monoisotopic (exact) mass is 301 g/mol. The number of hydrogen-bond acceptors (Lipinski definition) is 5. The average molecular weight is 302 g/mol. The van der Waals surface area contributed by atoms with Crippen LogP contribution >= 0.6 is 11.6 Å². The van der Waals surface area contributed by atoms with Crippen LogP contribution in [0.1, 0.15) is 54.8 Å². The molecule has 1 saturated carbocycles. The van der Waals surface area contributed by atoms with Crippen molar-refractivity contribution in [3.8, 4) is 0 Å². The van der Waals surface area contributed by atoms with E-state index in [1.54, 1.807) is 18.7 Å². The van der Waals surface area contributed by atoms with Crippen LogP contribution in [-0.2, 0) is 15.4 Å². The first-order chi connectivity index (χ1) is 9.71. The van der Waals surface area contributed by atoms with Gasteiger partial charge in [-0.2, -0.15) is 0 Å². The van der Waals surface area contributed by atoms with Crippen LogP contribution in [0.25, 0.3) is 0 Å². The van der Waals surface area contributed by atoms with Gasteiger partial charge in [0, 0.05) is 7.11 Å². The molecule has 1 aliphatic carbocycles. The molecule has 1 aromatic rings. The number of aromatic nitrogens is 3. The van der Waals surface area contributed by atoms with Crippen molar-refractivity contribution in [2.75, 3.05) is 13.7 Å². The molecule has 0 aliphatic heterocycles. The standard InChI is InChI=1S/C13H20ClN3O3/c1-3-20-13(18)12-11(8-14)17(16-15-12)9-5-4-6-10(7-9)19-2/h9-10H,3-8H2,1-2H3. The smallest absolute Gasteiger partial charge is 0.360 e. The van der Waals surface area contributed by atoms with Gasteiger partial charge in [0.15, 0.2) is 5.69 Å². The van der Waals surface area contributed by atoms with Crippen molar-refractivity contribution < 1.29 is 14.3 Å². The lowest BCUT2D eigenvalue weighted by Gasteiger charge is -2.28. The highest BCUT2D eigenvalue weighted by Crippen LogP contribution is 2.31. The molecule has 1 aliphatic rings. The normalized spacial score (nSPS) is 22.8. The van der Waals surface area contributed by atoms with Crippen molar-refractivity contribution in [2.45, 2.75) is 50.6 Å². The number of rotatable bonds is 5. The predicted molar refractivity (Wildman–Crippen MR) is 73.8 cm³/mol. The molecule has 7 heteroatoms. The number of ether oxygens (including phenoxy) is 2. The second-order valence-electron chi connectivity index (χ2n) is 4.86. The molecule has 1 fully saturated rings. The quantitative estimate of drug-likeness (QED) is 0.617. The van der Waals surface area contributed by atoms with E-state index in [1.165, 1.54) is 0 Å². The highest BCUT2D eigenvalue weighted by molar-refractivity contribution is 6.17. The van der Waals surface area contributed by atoms with Crippen molar-refractivity contribution in [2.24, 2.45) is 0 Å². The molecule has 20 heavy (non-hydrogen) atoms. The Bertz CT molecular complexity index is 464. The molecule has 6 nitrogen and oxygen atoms in total. The van der Waals surface area contributed by atoms with Crippen LogP contribution in [0, 0.1) is 0 Å². The van der Waals surface area contributed by atoms with Crippen LogP contribution in [0.4, 0.5) is 0 Å². The van der Waals surface area contributed by atoms with Gasteiger partial charge in [0.25, 0.3) is 0 Å². The number of carbonyl (C=O) groups is 1. The molecule has 2 atom stereocenters. The van der Waals surface area contributed by atoms with Crippen LogP contribution in [0.2, 0.25) is 0 Å². The number of alkyl halides is 1. The lowest BCUT2D eigenvalue weighted by Crippen LogP contribution is -2.26. The largest absolute Gasteiger partial charge is 0.461 e. The fourth-order valence-corrected chi connectivity index (χ4v) is 2.89. The molecule has 0 saturated heterocycles. The number of nitrogens with zero attached hydrogens (tertiary/aromatic N) is 3. The Balaban J connectivity index is 2.21. The molecule has 112 valence electrons. The van der Waals surface area contributed by atoms with Gasteiger partial charge in [-0.1, -0.05) is 5.21 Å². The summed E-state index contributed by atoms with van der Waals surface area (Å²) >= 11 is 5.97. The molecule has 2 unspecified atom stereocenters. The topological polar surface area (TPSA) is 66.2 Å². The lowest BCUT2D eigenvalue weighted by molar-refractivity contribution is 0.0498. The van der Waals surface area contributed by atoms with E-state index in [0.717, 1.165) is 25.7 Å². The first kappa shape index (κ1) is 15.3. The Kier molecular flexibility index (Phi) is 5.37. The molecule has 0 aromatic carbocycles. The molecular formula is C13H20ClN3O3. The summed E-state index contributed by atoms with van der Waals surface area (Å²) in [6, 6.07) is 0.179. The van der Waals surface area contributed by atoms with E-state index in [0.29, 0.717) is 12.3 Å². The van der Waals surface area contributed by atoms with Crippen LogP contribution in [0.5, 0.6) is 0 Å². The third-order valence-electron chi connectivity index (χ3n) is 3.66. The maximum atomic E-state index is 11.8. The Labute approximate surface area is 123 Å². The summed E-state index contributed by atoms with van der Waals surface area (Å²) in [5.41, 5.74) is 0.855. The van der Waals surface area contributed by atoms with Gasteiger partial charge < -0.3 is 9.47 Å². The van der Waals surface area contributed by atoms with Gasteiger partial charge >= 0.3 is 5.97 Å². The van der Waals surface area contributed by atoms with Crippen LogP contribution < -0.4 is 0 Å². The summed E-state index contributed by atoms with van der Waals surface area (Å²) in [6.45, 7) is 2.07. The van der Waals surface area contributed by atoms with E-state index in [4.69, 9.17) is 21.1 Å². The van der Waals surface area contributed by atoms with Gasteiger partial charge in [0.2, 0.25) is 0 Å². The molecule has 0 bridgehead atoms. The van der Waals surface area contributed by atoms with Gasteiger partial charge in [-0.3, -0.25) is 0 Å². The van der Waals surface area contributed by atoms with Crippen molar-refractivity contribution in [1.82, 2.24) is 15.0 Å². The second kappa shape index (κ2) is 7.04. The van der Waals surface area contributed by atoms with Gasteiger partial charge in [-0.25, -0.2) is 9.48 Å². The van der Waals surface area contributed by atoms with Gasteiger partial charge in [0.1, 0.15) is 0 Å². The third kappa shape index (κ3) is 3.12. The van der Waals surface area contributed by atoms with Crippen LogP contribution in [0.15, 0.2) is 0 Å². The van der Waals surface area contributed by atoms with Gasteiger partial charge in [0.05, 0.1) is 30.3 Å². The van der Waals surface area contributed by atoms with Crippen LogP contribution in [-0.4, -0.2) is 40.8 Å². The highest BCUT2D eigenvalue weighted by Gasteiger charge is 2.28. The van der Waals surface area contributed by atoms with Crippen molar-refractivity contribution in [3.63, 3.8) is 0 Å². The number of methoxy groups -OCH3 is 1. The summed E-state index contributed by atoms with van der Waals surface area (Å²) in [5, 5.41) is 8.05. The third-order valence-corrected chi connectivity index (χ3v) is 3.92. The Morgan fingerprint density at radius 2 is 2.30 bits per heavy atom. The minimum absolute atomic E-state index is 0.179. The van der Waals surface area contributed by atoms with Crippen molar-refractivity contribution in [3.05, 3.63) is 11.4 Å². The van der Waals surface area contributed by atoms with Crippen LogP contribution in [0.3, 0.4) is 0 Å². The molecule has 0 amide bonds. The molecule has 1 heterocycles. The zero-order valence-corrected chi connectivity index (χ0v) is 12.6. The van der Waals surface area contributed by atoms with E-state index in [2.05, 4.69) is 10.3 Å². The summed E-state index contributed by atoms with van der Waals surface area (Å²) in [6.07, 6.45) is 4.22. The number of esters is 1. The summed E-state index contributed by atoms with van der Waals surface area (Å²) in [7, 11) is 1.72. The minimum Gasteiger partial charge on any atom is -0.461 e. The molecule has 1 aromatic heterocycles. The molecule has 0 radical (unpaired) electrons. The fraction of sp³-hybridized carbons (Fsp3) is 0.769.